The van der Waals surface area contributed by atoms with E-state index in [1.807, 2.05) is 12.1 Å². The molecule has 2 N–H and O–H groups in total. The Morgan fingerprint density at radius 3 is 2.83 bits per heavy atom. The Hall–Kier alpha value is -2.07. The van der Waals surface area contributed by atoms with Crippen LogP contribution in [0.25, 0.3) is 0 Å². The van der Waals surface area contributed by atoms with Crippen LogP contribution in [0.2, 0.25) is 5.02 Å². The maximum absolute atomic E-state index is 11.0. The van der Waals surface area contributed by atoms with Gasteiger partial charge in [-0.2, -0.15) is 0 Å². The van der Waals surface area contributed by atoms with Crippen molar-refractivity contribution in [3.8, 4) is 5.75 Å². The van der Waals surface area contributed by atoms with Crippen molar-refractivity contribution in [3.63, 3.8) is 0 Å². The molecule has 5 heteroatoms. The van der Waals surface area contributed by atoms with E-state index in [1.165, 1.54) is 6.07 Å². The smallest absolute Gasteiger partial charge is 0.248 e. The van der Waals surface area contributed by atoms with Crippen LogP contribution in [0, 0.1) is 0 Å². The summed E-state index contributed by atoms with van der Waals surface area (Å²) in [7, 11) is 0. The summed E-state index contributed by atoms with van der Waals surface area (Å²) in [5, 5.41) is 0.357. The van der Waals surface area contributed by atoms with Crippen molar-refractivity contribution in [1.82, 2.24) is 4.98 Å². The molecule has 0 bridgehead atoms. The van der Waals surface area contributed by atoms with Gasteiger partial charge in [0.1, 0.15) is 12.4 Å². The summed E-state index contributed by atoms with van der Waals surface area (Å²) < 4.78 is 5.53. The molecule has 1 aromatic carbocycles. The molecule has 1 amide bonds. The number of benzene rings is 1. The number of primary amides is 1. The summed E-state index contributed by atoms with van der Waals surface area (Å²) in [4.78, 5) is 14.9. The number of nitrogens with zero attached hydrogens (tertiary/aromatic N) is 1. The number of rotatable bonds is 4. The van der Waals surface area contributed by atoms with Crippen molar-refractivity contribution in [2.24, 2.45) is 5.73 Å². The highest BCUT2D eigenvalue weighted by molar-refractivity contribution is 6.32. The van der Waals surface area contributed by atoms with Crippen LogP contribution in [0.5, 0.6) is 5.75 Å². The molecule has 2 rings (SSSR count). The van der Waals surface area contributed by atoms with Crippen LogP contribution >= 0.6 is 11.6 Å². The first-order valence-corrected chi connectivity index (χ1v) is 5.65. The average molecular weight is 263 g/mol. The number of halogens is 1. The average Bonchev–Trinajstić information content (AvgIpc) is 2.38. The number of pyridine rings is 1. The number of hydrogen-bond acceptors (Lipinski definition) is 3. The van der Waals surface area contributed by atoms with Crippen LogP contribution < -0.4 is 10.5 Å². The third-order valence-electron chi connectivity index (χ3n) is 2.33. The molecule has 0 saturated heterocycles. The number of carbonyl (C=O) groups excluding carboxylic acids is 1. The van der Waals surface area contributed by atoms with Crippen molar-refractivity contribution in [3.05, 3.63) is 58.9 Å². The van der Waals surface area contributed by atoms with E-state index in [4.69, 9.17) is 22.1 Å². The lowest BCUT2D eigenvalue weighted by Crippen LogP contribution is -2.10. The van der Waals surface area contributed by atoms with Gasteiger partial charge in [-0.3, -0.25) is 9.78 Å². The number of hydrogen-bond donors (Lipinski definition) is 1. The monoisotopic (exact) mass is 262 g/mol. The molecule has 0 fully saturated rings. The Labute approximate surface area is 109 Å². The molecule has 0 radical (unpaired) electrons. The first kappa shape index (κ1) is 12.4. The van der Waals surface area contributed by atoms with E-state index < -0.39 is 5.91 Å². The second-order valence-electron chi connectivity index (χ2n) is 3.66. The molecular formula is C13H11ClN2O2. The standard InChI is InChI=1S/C13H11ClN2O2/c14-11-6-10(13(15)17)3-4-12(11)18-8-9-2-1-5-16-7-9/h1-7H,8H2,(H2,15,17). The molecule has 18 heavy (non-hydrogen) atoms. The van der Waals surface area contributed by atoms with Gasteiger partial charge in [0.2, 0.25) is 5.91 Å². The second-order valence-corrected chi connectivity index (χ2v) is 4.07. The molecule has 92 valence electrons. The molecule has 0 unspecified atom stereocenters. The van der Waals surface area contributed by atoms with Crippen molar-refractivity contribution in [2.45, 2.75) is 6.61 Å². The van der Waals surface area contributed by atoms with Gasteiger partial charge >= 0.3 is 0 Å². The van der Waals surface area contributed by atoms with Gasteiger partial charge in [0.05, 0.1) is 5.02 Å². The van der Waals surface area contributed by atoms with Gasteiger partial charge in [-0.25, -0.2) is 0 Å². The van der Waals surface area contributed by atoms with Crippen LogP contribution in [0.1, 0.15) is 15.9 Å². The van der Waals surface area contributed by atoms with Crippen molar-refractivity contribution in [1.29, 1.82) is 0 Å². The Bertz CT molecular complexity index is 558. The highest BCUT2D eigenvalue weighted by atomic mass is 35.5. The predicted molar refractivity (Wildman–Crippen MR) is 68.5 cm³/mol. The molecule has 2 aromatic rings. The lowest BCUT2D eigenvalue weighted by atomic mass is 10.2. The minimum atomic E-state index is -0.518. The fourth-order valence-electron chi connectivity index (χ4n) is 1.42. The number of carbonyl (C=O) groups is 1. The van der Waals surface area contributed by atoms with E-state index in [1.54, 1.807) is 24.5 Å². The first-order valence-electron chi connectivity index (χ1n) is 5.28. The molecule has 0 saturated carbocycles. The maximum Gasteiger partial charge on any atom is 0.248 e. The SMILES string of the molecule is NC(=O)c1ccc(OCc2cccnc2)c(Cl)c1. The fraction of sp³-hybridized carbons (Fsp3) is 0.0769. The third kappa shape index (κ3) is 2.99. The molecule has 0 aliphatic heterocycles. The molecule has 1 heterocycles. The van der Waals surface area contributed by atoms with Gasteiger partial charge in [0, 0.05) is 23.5 Å². The molecule has 1 aromatic heterocycles. The van der Waals surface area contributed by atoms with Crippen LogP contribution in [0.3, 0.4) is 0 Å². The quantitative estimate of drug-likeness (QED) is 0.920. The zero-order valence-electron chi connectivity index (χ0n) is 9.47. The van der Waals surface area contributed by atoms with E-state index in [0.717, 1.165) is 5.56 Å². The van der Waals surface area contributed by atoms with E-state index >= 15 is 0 Å². The minimum Gasteiger partial charge on any atom is -0.487 e. The Morgan fingerprint density at radius 2 is 2.22 bits per heavy atom. The summed E-state index contributed by atoms with van der Waals surface area (Å²) >= 11 is 5.99. The Kier molecular flexibility index (Phi) is 3.79. The zero-order valence-corrected chi connectivity index (χ0v) is 10.2. The van der Waals surface area contributed by atoms with E-state index in [-0.39, 0.29) is 0 Å². The number of aromatic nitrogens is 1. The molecule has 0 aliphatic carbocycles. The number of nitrogens with two attached hydrogens (primary N) is 1. The Morgan fingerprint density at radius 1 is 1.39 bits per heavy atom. The van der Waals surface area contributed by atoms with Crippen molar-refractivity contribution >= 4 is 17.5 Å². The largest absolute Gasteiger partial charge is 0.487 e. The van der Waals surface area contributed by atoms with Gasteiger partial charge in [-0.05, 0) is 24.3 Å². The topological polar surface area (TPSA) is 65.2 Å². The Balaban J connectivity index is 2.08. The fourth-order valence-corrected chi connectivity index (χ4v) is 1.65. The van der Waals surface area contributed by atoms with Gasteiger partial charge < -0.3 is 10.5 Å². The van der Waals surface area contributed by atoms with Gasteiger partial charge in [0.25, 0.3) is 0 Å². The van der Waals surface area contributed by atoms with Gasteiger partial charge in [0.15, 0.2) is 0 Å². The van der Waals surface area contributed by atoms with Crippen LogP contribution in [-0.2, 0) is 6.61 Å². The first-order chi connectivity index (χ1) is 8.66. The second kappa shape index (κ2) is 5.51. The summed E-state index contributed by atoms with van der Waals surface area (Å²) in [5.74, 6) is -0.0128. The van der Waals surface area contributed by atoms with Crippen LogP contribution in [0.15, 0.2) is 42.7 Å². The predicted octanol–water partition coefficient (Wildman–Crippen LogP) is 2.41. The normalized spacial score (nSPS) is 10.1. The van der Waals surface area contributed by atoms with Crippen molar-refractivity contribution in [2.75, 3.05) is 0 Å². The van der Waals surface area contributed by atoms with Crippen molar-refractivity contribution < 1.29 is 9.53 Å². The number of amides is 1. The molecule has 0 aliphatic rings. The van der Waals surface area contributed by atoms with Crippen LogP contribution in [-0.4, -0.2) is 10.9 Å². The lowest BCUT2D eigenvalue weighted by molar-refractivity contribution is 0.100. The highest BCUT2D eigenvalue weighted by Crippen LogP contribution is 2.26. The van der Waals surface area contributed by atoms with E-state index in [2.05, 4.69) is 4.98 Å². The summed E-state index contributed by atoms with van der Waals surface area (Å²) in [6.07, 6.45) is 3.41. The van der Waals surface area contributed by atoms with E-state index in [0.29, 0.717) is 22.9 Å². The molecular weight excluding hydrogens is 252 g/mol. The minimum absolute atomic E-state index is 0.355. The van der Waals surface area contributed by atoms with Gasteiger partial charge in [-0.15, -0.1) is 0 Å². The molecule has 0 atom stereocenters. The number of ether oxygens (including phenoxy) is 1. The lowest BCUT2D eigenvalue weighted by Gasteiger charge is -2.08. The van der Waals surface area contributed by atoms with Gasteiger partial charge in [-0.1, -0.05) is 17.7 Å². The summed E-state index contributed by atoms with van der Waals surface area (Å²) in [6.45, 7) is 0.365. The molecule has 4 nitrogen and oxygen atoms in total. The van der Waals surface area contributed by atoms with E-state index in [9.17, 15) is 4.79 Å². The highest BCUT2D eigenvalue weighted by Gasteiger charge is 2.06. The molecule has 0 spiro atoms. The zero-order chi connectivity index (χ0) is 13.0. The summed E-state index contributed by atoms with van der Waals surface area (Å²) in [6, 6.07) is 8.42. The third-order valence-corrected chi connectivity index (χ3v) is 2.63. The summed E-state index contributed by atoms with van der Waals surface area (Å²) in [5.41, 5.74) is 6.44. The van der Waals surface area contributed by atoms with Crippen LogP contribution in [0.4, 0.5) is 0 Å². The maximum atomic E-state index is 11.0.